The zero-order chi connectivity index (χ0) is 26.5. The molecule has 2 aromatic carbocycles. The molecule has 4 aromatic rings. The summed E-state index contributed by atoms with van der Waals surface area (Å²) < 4.78 is 7.30. The van der Waals surface area contributed by atoms with Crippen LogP contribution < -0.4 is 26.7 Å². The Bertz CT molecular complexity index is 1490. The Labute approximate surface area is 214 Å². The number of aliphatic hydroxyl groups is 1. The van der Waals surface area contributed by atoms with Crippen molar-refractivity contribution in [3.63, 3.8) is 0 Å². The summed E-state index contributed by atoms with van der Waals surface area (Å²) in [7, 11) is 0. The van der Waals surface area contributed by atoms with Crippen molar-refractivity contribution < 1.29 is 14.6 Å². The summed E-state index contributed by atoms with van der Waals surface area (Å²) in [4.78, 5) is 31.4. The topological polar surface area (TPSA) is 132 Å². The Morgan fingerprint density at radius 2 is 1.81 bits per heavy atom. The maximum absolute atomic E-state index is 13.7. The molecule has 0 saturated carbocycles. The lowest BCUT2D eigenvalue weighted by atomic mass is 10.00. The summed E-state index contributed by atoms with van der Waals surface area (Å²) in [5, 5.41) is 15.5. The van der Waals surface area contributed by atoms with Crippen molar-refractivity contribution in [1.29, 1.82) is 0 Å². The molecule has 9 heteroatoms. The average Bonchev–Trinajstić information content (AvgIpc) is 2.87. The molecular formula is C28H31N5O4. The number of aromatic nitrogens is 2. The van der Waals surface area contributed by atoms with E-state index in [0.29, 0.717) is 58.9 Å². The van der Waals surface area contributed by atoms with E-state index in [1.165, 1.54) is 4.57 Å². The number of ether oxygens (including phenoxy) is 1. The number of hydrogen-bond acceptors (Lipinski definition) is 6. The number of aryl methyl sites for hydroxylation is 3. The molecule has 0 saturated heterocycles. The average molecular weight is 502 g/mol. The maximum atomic E-state index is 13.7. The van der Waals surface area contributed by atoms with Crippen LogP contribution in [0, 0.1) is 13.8 Å². The number of fused-ring (bicyclic) bond motifs is 1. The third-order valence-corrected chi connectivity index (χ3v) is 6.06. The SMILES string of the molecule is CCn1c(=O)c(NC(=O)Nc2c(C)cc(N)cc2C)c(-c2cccc(OCCCO)c2)c2cccnc21. The summed E-state index contributed by atoms with van der Waals surface area (Å²) in [6, 6.07) is 14.0. The van der Waals surface area contributed by atoms with E-state index >= 15 is 0 Å². The van der Waals surface area contributed by atoms with Gasteiger partial charge in [-0.3, -0.25) is 9.36 Å². The van der Waals surface area contributed by atoms with Gasteiger partial charge >= 0.3 is 6.03 Å². The molecule has 0 bridgehead atoms. The fourth-order valence-electron chi connectivity index (χ4n) is 4.44. The number of rotatable bonds is 8. The summed E-state index contributed by atoms with van der Waals surface area (Å²) >= 11 is 0. The van der Waals surface area contributed by atoms with Gasteiger partial charge in [0, 0.05) is 48.1 Å². The van der Waals surface area contributed by atoms with E-state index in [4.69, 9.17) is 15.6 Å². The zero-order valence-corrected chi connectivity index (χ0v) is 21.2. The number of nitrogens with two attached hydrogens (primary N) is 1. The molecule has 0 radical (unpaired) electrons. The van der Waals surface area contributed by atoms with Gasteiger partial charge in [0.2, 0.25) is 0 Å². The quantitative estimate of drug-likeness (QED) is 0.205. The second kappa shape index (κ2) is 11.1. The largest absolute Gasteiger partial charge is 0.493 e. The molecule has 0 unspecified atom stereocenters. The van der Waals surface area contributed by atoms with Gasteiger partial charge in [0.1, 0.15) is 17.1 Å². The number of nitrogens with zero attached hydrogens (tertiary/aromatic N) is 2. The molecule has 5 N–H and O–H groups in total. The highest BCUT2D eigenvalue weighted by Crippen LogP contribution is 2.35. The molecule has 0 aliphatic heterocycles. The van der Waals surface area contributed by atoms with Gasteiger partial charge in [0.25, 0.3) is 5.56 Å². The van der Waals surface area contributed by atoms with E-state index in [9.17, 15) is 9.59 Å². The molecule has 192 valence electrons. The Kier molecular flexibility index (Phi) is 7.74. The maximum Gasteiger partial charge on any atom is 0.323 e. The van der Waals surface area contributed by atoms with Crippen molar-refractivity contribution in [2.45, 2.75) is 33.7 Å². The molecule has 2 heterocycles. The number of aliphatic hydroxyl groups excluding tert-OH is 1. The minimum Gasteiger partial charge on any atom is -0.493 e. The minimum absolute atomic E-state index is 0.0291. The first-order valence-corrected chi connectivity index (χ1v) is 12.1. The number of amides is 2. The third kappa shape index (κ3) is 5.41. The zero-order valence-electron chi connectivity index (χ0n) is 21.2. The van der Waals surface area contributed by atoms with Crippen LogP contribution >= 0.6 is 0 Å². The lowest BCUT2D eigenvalue weighted by molar-refractivity contribution is 0.233. The van der Waals surface area contributed by atoms with Gasteiger partial charge in [-0.2, -0.15) is 0 Å². The van der Waals surface area contributed by atoms with E-state index in [1.54, 1.807) is 30.5 Å². The number of hydrogen-bond donors (Lipinski definition) is 4. The van der Waals surface area contributed by atoms with Crippen molar-refractivity contribution in [3.8, 4) is 16.9 Å². The molecule has 9 nitrogen and oxygen atoms in total. The van der Waals surface area contributed by atoms with Crippen molar-refractivity contribution in [1.82, 2.24) is 9.55 Å². The van der Waals surface area contributed by atoms with Crippen molar-refractivity contribution in [2.24, 2.45) is 0 Å². The predicted octanol–water partition coefficient (Wildman–Crippen LogP) is 4.69. The first-order valence-electron chi connectivity index (χ1n) is 12.1. The lowest BCUT2D eigenvalue weighted by Gasteiger charge is -2.19. The van der Waals surface area contributed by atoms with Gasteiger partial charge in [-0.15, -0.1) is 0 Å². The lowest BCUT2D eigenvalue weighted by Crippen LogP contribution is -2.30. The van der Waals surface area contributed by atoms with E-state index in [0.717, 1.165) is 11.1 Å². The highest BCUT2D eigenvalue weighted by Gasteiger charge is 2.21. The van der Waals surface area contributed by atoms with E-state index in [2.05, 4.69) is 15.6 Å². The third-order valence-electron chi connectivity index (χ3n) is 6.06. The standard InChI is InChI=1S/C28H31N5O4/c1-4-33-26-22(10-6-11-30-26)23(19-8-5-9-21(16-19)37-13-7-12-34)25(27(33)35)32-28(36)31-24-17(2)14-20(29)15-18(24)3/h5-6,8-11,14-16,34H,4,7,12-13,29H2,1-3H3,(H2,31,32,36). The second-order valence-electron chi connectivity index (χ2n) is 8.74. The van der Waals surface area contributed by atoms with Crippen LogP contribution in [0.5, 0.6) is 5.75 Å². The molecule has 0 fully saturated rings. The molecule has 37 heavy (non-hydrogen) atoms. The summed E-state index contributed by atoms with van der Waals surface area (Å²) in [6.07, 6.45) is 2.14. The van der Waals surface area contributed by atoms with Crippen LogP contribution in [0.3, 0.4) is 0 Å². The van der Waals surface area contributed by atoms with Gasteiger partial charge in [-0.1, -0.05) is 12.1 Å². The van der Waals surface area contributed by atoms with Crippen LogP contribution in [0.25, 0.3) is 22.2 Å². The summed E-state index contributed by atoms with van der Waals surface area (Å²) in [5.74, 6) is 0.589. The van der Waals surface area contributed by atoms with Gasteiger partial charge in [-0.25, -0.2) is 9.78 Å². The van der Waals surface area contributed by atoms with Crippen molar-refractivity contribution in [2.75, 3.05) is 29.6 Å². The van der Waals surface area contributed by atoms with Gasteiger partial charge in [-0.05, 0) is 73.9 Å². The van der Waals surface area contributed by atoms with Crippen LogP contribution in [-0.2, 0) is 6.54 Å². The van der Waals surface area contributed by atoms with Crippen molar-refractivity contribution >= 4 is 34.1 Å². The molecule has 0 atom stereocenters. The molecular weight excluding hydrogens is 470 g/mol. The molecule has 4 rings (SSSR count). The van der Waals surface area contributed by atoms with Crippen LogP contribution in [0.1, 0.15) is 24.5 Å². The van der Waals surface area contributed by atoms with E-state index in [1.807, 2.05) is 45.0 Å². The molecule has 0 aliphatic rings. The number of carbonyl (C=O) groups is 1. The Balaban J connectivity index is 1.83. The number of nitrogens with one attached hydrogen (secondary N) is 2. The van der Waals surface area contributed by atoms with Gasteiger partial charge < -0.3 is 26.2 Å². The Morgan fingerprint density at radius 3 is 2.51 bits per heavy atom. The normalized spacial score (nSPS) is 10.9. The predicted molar refractivity (Wildman–Crippen MR) is 147 cm³/mol. The van der Waals surface area contributed by atoms with E-state index in [-0.39, 0.29) is 17.9 Å². The number of anilines is 3. The van der Waals surface area contributed by atoms with Crippen LogP contribution in [0.15, 0.2) is 59.5 Å². The monoisotopic (exact) mass is 501 g/mol. The van der Waals surface area contributed by atoms with Gasteiger partial charge in [0.15, 0.2) is 0 Å². The smallest absolute Gasteiger partial charge is 0.323 e. The number of urea groups is 1. The molecule has 0 aliphatic carbocycles. The van der Waals surface area contributed by atoms with Crippen LogP contribution in [0.2, 0.25) is 0 Å². The highest BCUT2D eigenvalue weighted by atomic mass is 16.5. The fourth-order valence-corrected chi connectivity index (χ4v) is 4.44. The number of carbonyl (C=O) groups excluding carboxylic acids is 1. The molecule has 2 aromatic heterocycles. The highest BCUT2D eigenvalue weighted by molar-refractivity contribution is 6.07. The first kappa shape index (κ1) is 25.7. The van der Waals surface area contributed by atoms with Crippen LogP contribution in [0.4, 0.5) is 21.9 Å². The Hall–Kier alpha value is -4.37. The van der Waals surface area contributed by atoms with E-state index < -0.39 is 6.03 Å². The van der Waals surface area contributed by atoms with Crippen LogP contribution in [-0.4, -0.2) is 33.9 Å². The molecule has 0 spiro atoms. The second-order valence-corrected chi connectivity index (χ2v) is 8.74. The number of nitrogen functional groups attached to an aromatic ring is 1. The summed E-state index contributed by atoms with van der Waals surface area (Å²) in [6.45, 7) is 6.34. The number of benzene rings is 2. The number of pyridine rings is 2. The fraction of sp³-hybridized carbons (Fsp3) is 0.250. The van der Waals surface area contributed by atoms with Gasteiger partial charge in [0.05, 0.1) is 6.61 Å². The molecule has 2 amide bonds. The summed E-state index contributed by atoms with van der Waals surface area (Å²) in [5.41, 5.74) is 10.3. The minimum atomic E-state index is -0.546. The van der Waals surface area contributed by atoms with Crippen molar-refractivity contribution in [3.05, 3.63) is 76.2 Å². The first-order chi connectivity index (χ1) is 17.8. The Morgan fingerprint density at radius 1 is 1.08 bits per heavy atom.